The van der Waals surface area contributed by atoms with Crippen LogP contribution in [0.15, 0.2) is 36.5 Å². The fourth-order valence-electron chi connectivity index (χ4n) is 2.60. The molecule has 2 aromatic rings. The minimum atomic E-state index is 0.0282. The Morgan fingerprint density at radius 2 is 2.05 bits per heavy atom. The predicted molar refractivity (Wildman–Crippen MR) is 78.9 cm³/mol. The Kier molecular flexibility index (Phi) is 3.14. The van der Waals surface area contributed by atoms with E-state index in [9.17, 15) is 4.79 Å². The van der Waals surface area contributed by atoms with Crippen molar-refractivity contribution in [2.24, 2.45) is 0 Å². The summed E-state index contributed by atoms with van der Waals surface area (Å²) in [7, 11) is 1.86. The van der Waals surface area contributed by atoms with Crippen molar-refractivity contribution in [3.63, 3.8) is 0 Å². The monoisotopic (exact) mass is 267 g/mol. The van der Waals surface area contributed by atoms with Crippen LogP contribution in [0.5, 0.6) is 0 Å². The number of fused-ring (bicyclic) bond motifs is 1. The van der Waals surface area contributed by atoms with Gasteiger partial charge in [0.05, 0.1) is 6.04 Å². The number of nitrogens with zero attached hydrogens (tertiary/aromatic N) is 1. The number of carbonyl (C=O) groups is 1. The minimum absolute atomic E-state index is 0.0282. The van der Waals surface area contributed by atoms with Gasteiger partial charge in [-0.05, 0) is 48.2 Å². The van der Waals surface area contributed by atoms with E-state index in [4.69, 9.17) is 0 Å². The molecule has 20 heavy (non-hydrogen) atoms. The molecular formula is C16H17N3O. The molecule has 1 aromatic carbocycles. The molecule has 2 N–H and O–H groups in total. The summed E-state index contributed by atoms with van der Waals surface area (Å²) in [5.41, 5.74) is 4.30. The molecule has 102 valence electrons. The highest BCUT2D eigenvalue weighted by atomic mass is 16.2. The van der Waals surface area contributed by atoms with Gasteiger partial charge in [-0.2, -0.15) is 0 Å². The number of amides is 1. The molecule has 1 atom stereocenters. The lowest BCUT2D eigenvalue weighted by Gasteiger charge is -2.08. The first kappa shape index (κ1) is 12.7. The maximum Gasteiger partial charge on any atom is 0.252 e. The van der Waals surface area contributed by atoms with Crippen molar-refractivity contribution in [1.29, 1.82) is 0 Å². The van der Waals surface area contributed by atoms with Crippen molar-refractivity contribution in [2.45, 2.75) is 19.4 Å². The quantitative estimate of drug-likeness (QED) is 0.898. The lowest BCUT2D eigenvalue weighted by Crippen LogP contribution is -2.16. The molecule has 0 spiro atoms. The van der Waals surface area contributed by atoms with Crippen LogP contribution >= 0.6 is 0 Å². The molecule has 1 unspecified atom stereocenters. The van der Waals surface area contributed by atoms with Crippen molar-refractivity contribution < 1.29 is 4.79 Å². The summed E-state index contributed by atoms with van der Waals surface area (Å²) < 4.78 is 0. The number of hydrogen-bond acceptors (Lipinski definition) is 3. The normalized spacial score (nSPS) is 16.7. The highest BCUT2D eigenvalue weighted by molar-refractivity contribution is 5.99. The Morgan fingerprint density at radius 3 is 2.85 bits per heavy atom. The number of pyridine rings is 1. The Bertz CT molecular complexity index is 667. The van der Waals surface area contributed by atoms with E-state index < -0.39 is 0 Å². The zero-order valence-corrected chi connectivity index (χ0v) is 11.6. The zero-order valence-electron chi connectivity index (χ0n) is 11.6. The number of rotatable bonds is 3. The average molecular weight is 267 g/mol. The number of hydrogen-bond donors (Lipinski definition) is 2. The second-order valence-electron chi connectivity index (χ2n) is 5.09. The molecule has 0 saturated heterocycles. The number of benzene rings is 1. The summed E-state index contributed by atoms with van der Waals surface area (Å²) >= 11 is 0. The predicted octanol–water partition coefficient (Wildman–Crippen LogP) is 2.52. The van der Waals surface area contributed by atoms with Gasteiger partial charge < -0.3 is 10.6 Å². The lowest BCUT2D eigenvalue weighted by atomic mass is 9.98. The van der Waals surface area contributed by atoms with Crippen molar-refractivity contribution in [1.82, 2.24) is 10.3 Å². The smallest absolute Gasteiger partial charge is 0.252 e. The first-order valence-corrected chi connectivity index (χ1v) is 6.74. The molecule has 4 heteroatoms. The Balaban J connectivity index is 1.88. The fourth-order valence-corrected chi connectivity index (χ4v) is 2.60. The molecule has 1 amide bonds. The van der Waals surface area contributed by atoms with E-state index in [-0.39, 0.29) is 11.9 Å². The molecule has 1 aromatic heterocycles. The Labute approximate surface area is 118 Å². The Morgan fingerprint density at radius 1 is 1.25 bits per heavy atom. The molecule has 0 radical (unpaired) electrons. The van der Waals surface area contributed by atoms with Crippen LogP contribution < -0.4 is 10.6 Å². The second-order valence-corrected chi connectivity index (χ2v) is 5.09. The van der Waals surface area contributed by atoms with E-state index in [0.29, 0.717) is 0 Å². The molecule has 0 bridgehead atoms. The third kappa shape index (κ3) is 2.25. The van der Waals surface area contributed by atoms with Gasteiger partial charge in [0.2, 0.25) is 0 Å². The number of anilines is 1. The largest absolute Gasteiger partial charge is 0.373 e. The van der Waals surface area contributed by atoms with Gasteiger partial charge in [-0.3, -0.25) is 4.79 Å². The van der Waals surface area contributed by atoms with Gasteiger partial charge in [0.1, 0.15) is 5.82 Å². The molecule has 2 heterocycles. The van der Waals surface area contributed by atoms with Crippen LogP contribution in [0.25, 0.3) is 0 Å². The summed E-state index contributed by atoms with van der Waals surface area (Å²) in [6.45, 7) is 2.01. The summed E-state index contributed by atoms with van der Waals surface area (Å²) in [6.07, 6.45) is 2.65. The molecule has 1 aliphatic heterocycles. The van der Waals surface area contributed by atoms with Crippen LogP contribution in [0.1, 0.15) is 40.0 Å². The number of nitrogens with one attached hydrogen (secondary N) is 2. The van der Waals surface area contributed by atoms with Crippen molar-refractivity contribution >= 4 is 11.7 Å². The average Bonchev–Trinajstić information content (AvgIpc) is 2.74. The van der Waals surface area contributed by atoms with Crippen LogP contribution in [0.4, 0.5) is 5.82 Å². The van der Waals surface area contributed by atoms with Crippen molar-refractivity contribution in [3.8, 4) is 0 Å². The van der Waals surface area contributed by atoms with Gasteiger partial charge in [-0.15, -0.1) is 0 Å². The lowest BCUT2D eigenvalue weighted by molar-refractivity contribution is 0.0958. The van der Waals surface area contributed by atoms with E-state index in [1.807, 2.05) is 44.4 Å². The molecule has 0 aliphatic carbocycles. The third-order valence-corrected chi connectivity index (χ3v) is 3.66. The molecule has 0 saturated carbocycles. The first-order valence-electron chi connectivity index (χ1n) is 6.74. The summed E-state index contributed by atoms with van der Waals surface area (Å²) in [6, 6.07) is 10.2. The van der Waals surface area contributed by atoms with E-state index in [1.54, 1.807) is 0 Å². The van der Waals surface area contributed by atoms with Crippen LogP contribution in [0.2, 0.25) is 0 Å². The second kappa shape index (κ2) is 4.96. The van der Waals surface area contributed by atoms with Crippen LogP contribution in [0.3, 0.4) is 0 Å². The zero-order chi connectivity index (χ0) is 14.1. The van der Waals surface area contributed by atoms with Gasteiger partial charge in [0, 0.05) is 18.8 Å². The highest BCUT2D eigenvalue weighted by Crippen LogP contribution is 2.26. The topological polar surface area (TPSA) is 54.0 Å². The summed E-state index contributed by atoms with van der Waals surface area (Å²) in [5, 5.41) is 5.97. The minimum Gasteiger partial charge on any atom is -0.373 e. The van der Waals surface area contributed by atoms with Crippen molar-refractivity contribution in [2.75, 3.05) is 12.4 Å². The van der Waals surface area contributed by atoms with Crippen LogP contribution in [-0.4, -0.2) is 17.9 Å². The van der Waals surface area contributed by atoms with E-state index >= 15 is 0 Å². The van der Waals surface area contributed by atoms with Gasteiger partial charge in [0.15, 0.2) is 0 Å². The molecule has 3 rings (SSSR count). The molecule has 1 aliphatic rings. The first-order chi connectivity index (χ1) is 9.67. The van der Waals surface area contributed by atoms with Crippen LogP contribution in [-0.2, 0) is 6.42 Å². The summed E-state index contributed by atoms with van der Waals surface area (Å²) in [5.74, 6) is 0.898. The van der Waals surface area contributed by atoms with Crippen LogP contribution in [0, 0.1) is 0 Å². The van der Waals surface area contributed by atoms with Gasteiger partial charge in [-0.25, -0.2) is 4.98 Å². The maximum absolute atomic E-state index is 11.7. The van der Waals surface area contributed by atoms with Gasteiger partial charge in [-0.1, -0.05) is 12.1 Å². The molecular weight excluding hydrogens is 250 g/mol. The van der Waals surface area contributed by atoms with E-state index in [1.165, 1.54) is 11.1 Å². The van der Waals surface area contributed by atoms with Gasteiger partial charge in [0.25, 0.3) is 5.91 Å². The summed E-state index contributed by atoms with van der Waals surface area (Å²) in [4.78, 5) is 15.9. The fraction of sp³-hybridized carbons (Fsp3) is 0.250. The SMILES string of the molecule is CNc1cc(Cc2ccc3c(c2)C(C)NC3=O)ccn1. The Hall–Kier alpha value is -2.36. The number of aromatic nitrogens is 1. The highest BCUT2D eigenvalue weighted by Gasteiger charge is 2.24. The molecule has 4 nitrogen and oxygen atoms in total. The molecule has 0 fully saturated rings. The van der Waals surface area contributed by atoms with Crippen molar-refractivity contribution in [3.05, 3.63) is 58.8 Å². The standard InChI is InChI=1S/C16H17N3O/c1-10-14-8-11(3-4-13(14)16(20)19-10)7-12-5-6-18-15(9-12)17-2/h3-6,8-10H,7H2,1-2H3,(H,17,18)(H,19,20). The van der Waals surface area contributed by atoms with E-state index in [0.717, 1.165) is 23.4 Å². The van der Waals surface area contributed by atoms with E-state index in [2.05, 4.69) is 21.7 Å². The third-order valence-electron chi connectivity index (χ3n) is 3.66. The number of carbonyl (C=O) groups excluding carboxylic acids is 1. The van der Waals surface area contributed by atoms with Gasteiger partial charge >= 0.3 is 0 Å². The maximum atomic E-state index is 11.7.